The molecular weight excluding hydrogens is 487 g/mol. The number of ether oxygens (including phenoxy) is 2. The van der Waals surface area contributed by atoms with Crippen molar-refractivity contribution in [1.82, 2.24) is 15.5 Å². The van der Waals surface area contributed by atoms with Gasteiger partial charge < -0.3 is 14.5 Å². The Morgan fingerprint density at radius 2 is 2.00 bits per heavy atom. The number of benzene rings is 1. The molecule has 0 atom stereocenters. The lowest BCUT2D eigenvalue weighted by molar-refractivity contribution is -0.352. The van der Waals surface area contributed by atoms with E-state index in [1.54, 1.807) is 0 Å². The van der Waals surface area contributed by atoms with Crippen LogP contribution in [0.2, 0.25) is 5.02 Å². The quantitative estimate of drug-likeness (QED) is 0.603. The van der Waals surface area contributed by atoms with E-state index in [1.165, 1.54) is 12.5 Å². The third kappa shape index (κ3) is 5.14. The molecule has 35 heavy (non-hydrogen) atoms. The van der Waals surface area contributed by atoms with Gasteiger partial charge in [-0.1, -0.05) is 11.6 Å². The van der Waals surface area contributed by atoms with Crippen molar-refractivity contribution in [1.29, 1.82) is 0 Å². The molecule has 1 aromatic carbocycles. The topological polar surface area (TPSA) is 86.5 Å². The molecule has 0 radical (unpaired) electrons. The second kappa shape index (κ2) is 8.96. The summed E-state index contributed by atoms with van der Waals surface area (Å²) in [6, 6.07) is 5.79. The van der Waals surface area contributed by atoms with Gasteiger partial charge in [-0.05, 0) is 75.1 Å². The normalized spacial score (nSPS) is 30.7. The zero-order valence-corrected chi connectivity index (χ0v) is 20.0. The van der Waals surface area contributed by atoms with Gasteiger partial charge in [-0.15, -0.1) is 23.4 Å². The predicted molar refractivity (Wildman–Crippen MR) is 119 cm³/mol. The number of fused-ring (bicyclic) bond motifs is 2. The van der Waals surface area contributed by atoms with Crippen LogP contribution in [0.3, 0.4) is 0 Å². The van der Waals surface area contributed by atoms with E-state index in [0.717, 1.165) is 55.9 Å². The van der Waals surface area contributed by atoms with Crippen LogP contribution in [0.4, 0.5) is 13.2 Å². The highest BCUT2D eigenvalue weighted by Gasteiger charge is 2.64. The fraction of sp³-hybridized carbons (Fsp3) is 0.625. The lowest BCUT2D eigenvalue weighted by atomic mass is 9.65. The summed E-state index contributed by atoms with van der Waals surface area (Å²) in [5.41, 5.74) is 0.908. The summed E-state index contributed by atoms with van der Waals surface area (Å²) in [4.78, 5) is 11.3. The third-order valence-corrected chi connectivity index (χ3v) is 7.62. The molecule has 7 rings (SSSR count). The third-order valence-electron chi connectivity index (χ3n) is 7.39. The number of aryl methyl sites for hydroxylation is 1. The van der Waals surface area contributed by atoms with Crippen molar-refractivity contribution >= 4 is 17.5 Å². The van der Waals surface area contributed by atoms with Crippen molar-refractivity contribution in [3.63, 3.8) is 0 Å². The molecular formula is C24H27ClF3N3O4. The second-order valence-electron chi connectivity index (χ2n) is 10.1. The zero-order chi connectivity index (χ0) is 24.8. The fourth-order valence-corrected chi connectivity index (χ4v) is 6.05. The number of hydrogen-bond acceptors (Lipinski definition) is 6. The summed E-state index contributed by atoms with van der Waals surface area (Å²) >= 11 is 5.82. The number of halogens is 4. The molecule has 7 nitrogen and oxygen atoms in total. The number of carbonyl (C=O) groups is 1. The van der Waals surface area contributed by atoms with E-state index in [-0.39, 0.29) is 35.6 Å². The summed E-state index contributed by atoms with van der Waals surface area (Å²) < 4.78 is 51.6. The first-order chi connectivity index (χ1) is 16.5. The predicted octanol–water partition coefficient (Wildman–Crippen LogP) is 5.22. The maximum Gasteiger partial charge on any atom is 0.522 e. The molecule has 5 aliphatic rings. The van der Waals surface area contributed by atoms with E-state index >= 15 is 0 Å². The van der Waals surface area contributed by atoms with Gasteiger partial charge in [0.05, 0.1) is 18.1 Å². The van der Waals surface area contributed by atoms with Gasteiger partial charge in [0, 0.05) is 23.4 Å². The molecule has 190 valence electrons. The Morgan fingerprint density at radius 1 is 1.23 bits per heavy atom. The van der Waals surface area contributed by atoms with Crippen molar-refractivity contribution in [2.45, 2.75) is 87.6 Å². The average Bonchev–Trinajstić information content (AvgIpc) is 3.43. The van der Waals surface area contributed by atoms with Gasteiger partial charge in [-0.25, -0.2) is 0 Å². The Bertz CT molecular complexity index is 1090. The second-order valence-corrected chi connectivity index (χ2v) is 10.5. The SMILES string of the molecule is CC(=O)NC12CCC(c3nnc(C4CC(OC(F)(F)F)C4)o3)(C1)C2.Clc1ccc2c(c1)CCCO2. The van der Waals surface area contributed by atoms with Crippen LogP contribution in [0.5, 0.6) is 5.75 Å². The number of nitrogens with one attached hydrogen (secondary N) is 1. The molecule has 2 aromatic rings. The number of hydrogen-bond donors (Lipinski definition) is 1. The average molecular weight is 514 g/mol. The summed E-state index contributed by atoms with van der Waals surface area (Å²) in [7, 11) is 0. The van der Waals surface area contributed by atoms with Crippen molar-refractivity contribution < 1.29 is 31.9 Å². The highest BCUT2D eigenvalue weighted by atomic mass is 35.5. The maximum atomic E-state index is 12.1. The molecule has 11 heteroatoms. The number of rotatable bonds is 4. The standard InChI is InChI=1S/C15H18F3N3O3.C9H9ClO/c1-8(22)19-14-3-2-13(6-14,7-14)12-21-20-11(23-12)9-4-10(5-9)24-15(16,17)18;10-8-3-4-9-7(6-8)2-1-5-11-9/h9-10H,2-7H2,1H3,(H,19,22);3-4,6H,1-2,5H2. The Kier molecular flexibility index (Phi) is 6.24. The number of aromatic nitrogens is 2. The molecule has 0 unspecified atom stereocenters. The largest absolute Gasteiger partial charge is 0.522 e. The highest BCUT2D eigenvalue weighted by Crippen LogP contribution is 2.62. The minimum absolute atomic E-state index is 0.0399. The van der Waals surface area contributed by atoms with Crippen molar-refractivity contribution in [2.75, 3.05) is 6.61 Å². The summed E-state index contributed by atoms with van der Waals surface area (Å²) in [5, 5.41) is 12.0. The first-order valence-electron chi connectivity index (χ1n) is 11.8. The van der Waals surface area contributed by atoms with Gasteiger partial charge in [-0.3, -0.25) is 9.53 Å². The van der Waals surface area contributed by atoms with Crippen LogP contribution in [0.1, 0.15) is 75.1 Å². The molecule has 1 N–H and O–H groups in total. The van der Waals surface area contributed by atoms with Gasteiger partial charge in [0.15, 0.2) is 0 Å². The summed E-state index contributed by atoms with van der Waals surface area (Å²) in [6.45, 7) is 2.35. The van der Waals surface area contributed by atoms with Gasteiger partial charge in [0.25, 0.3) is 0 Å². The van der Waals surface area contributed by atoms with Crippen LogP contribution in [0.15, 0.2) is 22.6 Å². The van der Waals surface area contributed by atoms with Gasteiger partial charge in [0.1, 0.15) is 5.75 Å². The van der Waals surface area contributed by atoms with E-state index in [9.17, 15) is 18.0 Å². The lowest BCUT2D eigenvalue weighted by Crippen LogP contribution is -2.56. The van der Waals surface area contributed by atoms with Gasteiger partial charge >= 0.3 is 6.36 Å². The maximum absolute atomic E-state index is 12.1. The van der Waals surface area contributed by atoms with Crippen LogP contribution in [0.25, 0.3) is 0 Å². The Morgan fingerprint density at radius 3 is 2.71 bits per heavy atom. The molecule has 4 fully saturated rings. The Labute approximate surface area is 205 Å². The molecule has 2 bridgehead atoms. The molecule has 0 spiro atoms. The lowest BCUT2D eigenvalue weighted by Gasteiger charge is -2.45. The van der Waals surface area contributed by atoms with E-state index in [2.05, 4.69) is 20.3 Å². The monoisotopic (exact) mass is 513 g/mol. The smallest absolute Gasteiger partial charge is 0.493 e. The van der Waals surface area contributed by atoms with Gasteiger partial charge in [-0.2, -0.15) is 0 Å². The van der Waals surface area contributed by atoms with Crippen molar-refractivity contribution in [3.05, 3.63) is 40.6 Å². The van der Waals surface area contributed by atoms with E-state index in [0.29, 0.717) is 11.8 Å². The number of carbonyl (C=O) groups excluding carboxylic acids is 1. The van der Waals surface area contributed by atoms with Gasteiger partial charge in [0.2, 0.25) is 17.7 Å². The van der Waals surface area contributed by atoms with Crippen LogP contribution < -0.4 is 10.1 Å². The van der Waals surface area contributed by atoms with E-state index in [4.69, 9.17) is 20.8 Å². The van der Waals surface area contributed by atoms with Crippen molar-refractivity contribution in [2.24, 2.45) is 0 Å². The Hall–Kier alpha value is -2.33. The number of nitrogens with zero attached hydrogens (tertiary/aromatic N) is 2. The molecule has 0 saturated heterocycles. The van der Waals surface area contributed by atoms with Crippen molar-refractivity contribution in [3.8, 4) is 5.75 Å². The van der Waals surface area contributed by atoms with Crippen LogP contribution in [-0.2, 0) is 21.4 Å². The Balaban J connectivity index is 0.000000192. The van der Waals surface area contributed by atoms with Crippen LogP contribution in [0, 0.1) is 0 Å². The zero-order valence-electron chi connectivity index (χ0n) is 19.3. The van der Waals surface area contributed by atoms with E-state index < -0.39 is 12.5 Å². The minimum Gasteiger partial charge on any atom is -0.493 e. The fourth-order valence-electron chi connectivity index (χ4n) is 5.85. The summed E-state index contributed by atoms with van der Waals surface area (Å²) in [6.07, 6.45) is 0.576. The van der Waals surface area contributed by atoms with Crippen LogP contribution >= 0.6 is 11.6 Å². The molecule has 4 aliphatic carbocycles. The molecule has 2 heterocycles. The molecule has 1 aromatic heterocycles. The molecule has 1 amide bonds. The molecule has 1 aliphatic heterocycles. The summed E-state index contributed by atoms with van der Waals surface area (Å²) in [5.74, 6) is 1.74. The molecule has 4 saturated carbocycles. The first kappa shape index (κ1) is 24.4. The number of alkyl halides is 3. The van der Waals surface area contributed by atoms with Crippen LogP contribution in [-0.4, -0.2) is 40.7 Å². The van der Waals surface area contributed by atoms with E-state index in [1.807, 2.05) is 18.2 Å². The first-order valence-corrected chi connectivity index (χ1v) is 12.2. The number of amides is 1. The minimum atomic E-state index is -4.60. The highest BCUT2D eigenvalue weighted by molar-refractivity contribution is 6.30.